The van der Waals surface area contributed by atoms with E-state index in [1.807, 2.05) is 30.9 Å². The van der Waals surface area contributed by atoms with Crippen LogP contribution in [0.3, 0.4) is 0 Å². The highest BCUT2D eigenvalue weighted by Crippen LogP contribution is 2.39. The number of nitrogens with one attached hydrogen (secondary N) is 1. The van der Waals surface area contributed by atoms with Gasteiger partial charge in [0.05, 0.1) is 36.0 Å². The van der Waals surface area contributed by atoms with Gasteiger partial charge in [-0.05, 0) is 50.2 Å². The maximum absolute atomic E-state index is 5.75. The number of fused-ring (bicyclic) bond motifs is 3. The summed E-state index contributed by atoms with van der Waals surface area (Å²) in [5, 5.41) is 12.8. The van der Waals surface area contributed by atoms with Crippen LogP contribution >= 0.6 is 0 Å². The molecule has 1 N–H and O–H groups in total. The van der Waals surface area contributed by atoms with Crippen LogP contribution in [0.25, 0.3) is 16.6 Å². The van der Waals surface area contributed by atoms with Gasteiger partial charge in [0.15, 0.2) is 5.65 Å². The first kappa shape index (κ1) is 14.5. The highest BCUT2D eigenvalue weighted by Gasteiger charge is 2.26. The van der Waals surface area contributed by atoms with Crippen molar-refractivity contribution >= 4 is 16.6 Å². The van der Waals surface area contributed by atoms with Gasteiger partial charge >= 0.3 is 0 Å². The van der Waals surface area contributed by atoms with Gasteiger partial charge in [-0.3, -0.25) is 5.10 Å². The van der Waals surface area contributed by atoms with E-state index in [1.165, 1.54) is 5.56 Å². The van der Waals surface area contributed by atoms with Gasteiger partial charge in [0.1, 0.15) is 5.75 Å². The lowest BCUT2D eigenvalue weighted by atomic mass is 9.82. The maximum atomic E-state index is 5.75. The van der Waals surface area contributed by atoms with Crippen LogP contribution in [-0.2, 0) is 4.74 Å². The van der Waals surface area contributed by atoms with Crippen molar-refractivity contribution in [2.24, 2.45) is 0 Å². The van der Waals surface area contributed by atoms with Crippen molar-refractivity contribution < 1.29 is 9.47 Å². The summed E-state index contributed by atoms with van der Waals surface area (Å²) in [6.07, 6.45) is 8.70. The largest absolute Gasteiger partial charge is 0.492 e. The normalized spacial score (nSPS) is 22.0. The highest BCUT2D eigenvalue weighted by molar-refractivity contribution is 5.94. The van der Waals surface area contributed by atoms with E-state index in [4.69, 9.17) is 9.47 Å². The molecule has 3 aromatic rings. The number of aromatic nitrogens is 4. The number of nitrogens with zero attached hydrogens (tertiary/aromatic N) is 3. The summed E-state index contributed by atoms with van der Waals surface area (Å²) in [5.41, 5.74) is 3.29. The van der Waals surface area contributed by atoms with Gasteiger partial charge in [0.25, 0.3) is 0 Å². The van der Waals surface area contributed by atoms with Crippen molar-refractivity contribution in [3.63, 3.8) is 0 Å². The molecule has 1 saturated carbocycles. The number of ether oxygens (including phenoxy) is 2. The molecule has 4 rings (SSSR count). The summed E-state index contributed by atoms with van der Waals surface area (Å²) in [4.78, 5) is 0. The van der Waals surface area contributed by atoms with Crippen LogP contribution in [0.5, 0.6) is 5.75 Å². The summed E-state index contributed by atoms with van der Waals surface area (Å²) in [7, 11) is 1.81. The molecule has 1 aliphatic rings. The zero-order chi connectivity index (χ0) is 15.8. The van der Waals surface area contributed by atoms with Crippen molar-refractivity contribution in [1.82, 2.24) is 19.8 Å². The number of H-pyrrole nitrogens is 1. The maximum Gasteiger partial charge on any atom is 0.178 e. The molecular formula is C17H22N4O2. The Morgan fingerprint density at radius 2 is 2.13 bits per heavy atom. The van der Waals surface area contributed by atoms with Crippen LogP contribution in [0.15, 0.2) is 18.5 Å². The van der Waals surface area contributed by atoms with Crippen LogP contribution in [0, 0.1) is 0 Å². The molecule has 0 saturated heterocycles. The Bertz CT molecular complexity index is 815. The molecule has 23 heavy (non-hydrogen) atoms. The minimum atomic E-state index is 0.399. The van der Waals surface area contributed by atoms with Gasteiger partial charge in [-0.1, -0.05) is 0 Å². The van der Waals surface area contributed by atoms with Crippen LogP contribution in [0.2, 0.25) is 0 Å². The Hall–Kier alpha value is -2.08. The lowest BCUT2D eigenvalue weighted by Crippen LogP contribution is -2.19. The molecule has 0 amide bonds. The van der Waals surface area contributed by atoms with Crippen molar-refractivity contribution in [2.45, 2.75) is 44.6 Å². The molecule has 0 aromatic carbocycles. The second kappa shape index (κ2) is 5.85. The fourth-order valence-electron chi connectivity index (χ4n) is 3.74. The Labute approximate surface area is 134 Å². The van der Waals surface area contributed by atoms with E-state index in [1.54, 1.807) is 0 Å². The number of pyridine rings is 1. The van der Waals surface area contributed by atoms with Gasteiger partial charge in [-0.15, -0.1) is 5.10 Å². The van der Waals surface area contributed by atoms with Gasteiger partial charge in [-0.25, -0.2) is 4.52 Å². The van der Waals surface area contributed by atoms with Gasteiger partial charge in [0, 0.05) is 7.11 Å². The minimum Gasteiger partial charge on any atom is -0.492 e. The third-order valence-electron chi connectivity index (χ3n) is 4.89. The first-order valence-corrected chi connectivity index (χ1v) is 8.31. The molecule has 6 nitrogen and oxygen atoms in total. The molecule has 0 radical (unpaired) electrons. The third kappa shape index (κ3) is 2.47. The molecule has 3 heterocycles. The van der Waals surface area contributed by atoms with Crippen LogP contribution < -0.4 is 4.74 Å². The zero-order valence-corrected chi connectivity index (χ0v) is 13.6. The van der Waals surface area contributed by atoms with E-state index in [0.29, 0.717) is 18.6 Å². The molecule has 1 fully saturated rings. The Morgan fingerprint density at radius 1 is 1.30 bits per heavy atom. The third-order valence-corrected chi connectivity index (χ3v) is 4.89. The number of methoxy groups -OCH3 is 1. The first-order chi connectivity index (χ1) is 11.3. The van der Waals surface area contributed by atoms with E-state index < -0.39 is 0 Å². The quantitative estimate of drug-likeness (QED) is 0.802. The Balaban J connectivity index is 1.81. The van der Waals surface area contributed by atoms with Crippen molar-refractivity contribution in [3.8, 4) is 5.75 Å². The molecule has 0 atom stereocenters. The Kier molecular flexibility index (Phi) is 3.69. The van der Waals surface area contributed by atoms with Gasteiger partial charge < -0.3 is 9.47 Å². The zero-order valence-electron chi connectivity index (χ0n) is 13.6. The van der Waals surface area contributed by atoms with Gasteiger partial charge in [0.2, 0.25) is 0 Å². The van der Waals surface area contributed by atoms with Crippen LogP contribution in [-0.4, -0.2) is 39.6 Å². The molecule has 0 unspecified atom stereocenters. The van der Waals surface area contributed by atoms with Crippen molar-refractivity contribution in [3.05, 3.63) is 24.0 Å². The topological polar surface area (TPSA) is 64.4 Å². The molecule has 0 bridgehead atoms. The number of rotatable bonds is 4. The standard InChI is InChI=1S/C17H22N4O2/c1-3-23-13-8-14(11-4-6-12(22-2)7-5-11)16-15-9-18-19-17(15)20-21(16)10-13/h8-12H,3-7H2,1-2H3,(H,19,20). The summed E-state index contributed by atoms with van der Waals surface area (Å²) >= 11 is 0. The lowest BCUT2D eigenvalue weighted by Gasteiger charge is -2.28. The molecule has 6 heteroatoms. The summed E-state index contributed by atoms with van der Waals surface area (Å²) in [6.45, 7) is 2.66. The van der Waals surface area contributed by atoms with Crippen molar-refractivity contribution in [2.75, 3.05) is 13.7 Å². The average molecular weight is 314 g/mol. The highest BCUT2D eigenvalue weighted by atomic mass is 16.5. The SMILES string of the molecule is CCOc1cc(C2CCC(OC)CC2)c2c3cn[nH]c3nn2c1. The van der Waals surface area contributed by atoms with E-state index in [2.05, 4.69) is 21.4 Å². The molecule has 0 spiro atoms. The fraction of sp³-hybridized carbons (Fsp3) is 0.529. The summed E-state index contributed by atoms with van der Waals surface area (Å²) < 4.78 is 13.2. The Morgan fingerprint density at radius 3 is 2.87 bits per heavy atom. The summed E-state index contributed by atoms with van der Waals surface area (Å²) in [6, 6.07) is 2.19. The number of aromatic amines is 1. The predicted molar refractivity (Wildman–Crippen MR) is 88.0 cm³/mol. The predicted octanol–water partition coefficient (Wildman–Crippen LogP) is 3.28. The van der Waals surface area contributed by atoms with E-state index in [0.717, 1.165) is 48.0 Å². The van der Waals surface area contributed by atoms with E-state index >= 15 is 0 Å². The summed E-state index contributed by atoms with van der Waals surface area (Å²) in [5.74, 6) is 1.39. The lowest BCUT2D eigenvalue weighted by molar-refractivity contribution is 0.0659. The molecule has 122 valence electrons. The minimum absolute atomic E-state index is 0.399. The second-order valence-corrected chi connectivity index (χ2v) is 6.20. The molecule has 1 aliphatic carbocycles. The fourth-order valence-corrected chi connectivity index (χ4v) is 3.74. The molecule has 0 aliphatic heterocycles. The molecular weight excluding hydrogens is 292 g/mol. The number of hydrogen-bond acceptors (Lipinski definition) is 4. The smallest absolute Gasteiger partial charge is 0.178 e. The van der Waals surface area contributed by atoms with Crippen LogP contribution in [0.1, 0.15) is 44.1 Å². The first-order valence-electron chi connectivity index (χ1n) is 8.31. The number of hydrogen-bond donors (Lipinski definition) is 1. The average Bonchev–Trinajstić information content (AvgIpc) is 3.15. The van der Waals surface area contributed by atoms with Crippen LogP contribution in [0.4, 0.5) is 0 Å². The van der Waals surface area contributed by atoms with Gasteiger partial charge in [-0.2, -0.15) is 5.10 Å². The van der Waals surface area contributed by atoms with Crippen molar-refractivity contribution in [1.29, 1.82) is 0 Å². The second-order valence-electron chi connectivity index (χ2n) is 6.20. The van der Waals surface area contributed by atoms with E-state index in [9.17, 15) is 0 Å². The molecule has 3 aromatic heterocycles. The van der Waals surface area contributed by atoms with E-state index in [-0.39, 0.29) is 0 Å². The monoisotopic (exact) mass is 314 g/mol.